The molecule has 0 aliphatic carbocycles. The summed E-state index contributed by atoms with van der Waals surface area (Å²) in [5.41, 5.74) is 2.97. The molecule has 2 heteroatoms. The summed E-state index contributed by atoms with van der Waals surface area (Å²) in [5.74, 6) is 0.803. The normalized spacial score (nSPS) is 21.8. The number of piperidine rings is 1. The van der Waals surface area contributed by atoms with E-state index in [2.05, 4.69) is 36.5 Å². The van der Waals surface area contributed by atoms with Gasteiger partial charge in [0.05, 0.1) is 6.10 Å². The van der Waals surface area contributed by atoms with Crippen LogP contribution in [0.5, 0.6) is 0 Å². The topological polar surface area (TPSA) is 21.3 Å². The molecule has 1 aliphatic heterocycles. The van der Waals surface area contributed by atoms with E-state index in [0.717, 1.165) is 12.3 Å². The van der Waals surface area contributed by atoms with Gasteiger partial charge in [0.15, 0.2) is 0 Å². The Hall–Kier alpha value is -0.860. The molecule has 2 rings (SSSR count). The first kappa shape index (κ1) is 13.6. The van der Waals surface area contributed by atoms with Crippen molar-refractivity contribution in [1.82, 2.24) is 5.32 Å². The Bertz CT molecular complexity index is 358. The highest BCUT2D eigenvalue weighted by Gasteiger charge is 2.15. The standard InChI is InChI=1S/C16H25NO/c1-13(18-2)10-15-7-3-4-8-16(15)11-14-6-5-9-17-12-14/h3-4,7-8,13-14,17H,5-6,9-12H2,1-2H3. The summed E-state index contributed by atoms with van der Waals surface area (Å²) >= 11 is 0. The maximum absolute atomic E-state index is 5.39. The molecule has 0 radical (unpaired) electrons. The van der Waals surface area contributed by atoms with E-state index < -0.39 is 0 Å². The molecule has 1 heterocycles. The Balaban J connectivity index is 2.01. The van der Waals surface area contributed by atoms with Crippen LogP contribution in [0.1, 0.15) is 30.9 Å². The fraction of sp³-hybridized carbons (Fsp3) is 0.625. The van der Waals surface area contributed by atoms with Crippen LogP contribution in [0.4, 0.5) is 0 Å². The zero-order valence-electron chi connectivity index (χ0n) is 11.6. The molecule has 2 unspecified atom stereocenters. The molecule has 1 aromatic rings. The van der Waals surface area contributed by atoms with Gasteiger partial charge in [-0.3, -0.25) is 0 Å². The first-order valence-electron chi connectivity index (χ1n) is 7.10. The average Bonchev–Trinajstić information content (AvgIpc) is 2.42. The molecule has 2 atom stereocenters. The highest BCUT2D eigenvalue weighted by molar-refractivity contribution is 5.28. The van der Waals surface area contributed by atoms with Gasteiger partial charge in [0.2, 0.25) is 0 Å². The van der Waals surface area contributed by atoms with Crippen molar-refractivity contribution in [2.75, 3.05) is 20.2 Å². The Labute approximate surface area is 111 Å². The van der Waals surface area contributed by atoms with Gasteiger partial charge in [0.1, 0.15) is 0 Å². The lowest BCUT2D eigenvalue weighted by molar-refractivity contribution is 0.118. The lowest BCUT2D eigenvalue weighted by Crippen LogP contribution is -2.31. The molecule has 100 valence electrons. The van der Waals surface area contributed by atoms with Crippen LogP contribution < -0.4 is 5.32 Å². The van der Waals surface area contributed by atoms with E-state index in [4.69, 9.17) is 4.74 Å². The van der Waals surface area contributed by atoms with E-state index in [1.54, 1.807) is 7.11 Å². The van der Waals surface area contributed by atoms with Gasteiger partial charge >= 0.3 is 0 Å². The number of benzene rings is 1. The van der Waals surface area contributed by atoms with E-state index in [-0.39, 0.29) is 0 Å². The van der Waals surface area contributed by atoms with E-state index in [0.29, 0.717) is 6.10 Å². The summed E-state index contributed by atoms with van der Waals surface area (Å²) in [6, 6.07) is 8.83. The average molecular weight is 247 g/mol. The molecule has 0 saturated carbocycles. The Morgan fingerprint density at radius 3 is 2.78 bits per heavy atom. The third-order valence-electron chi connectivity index (χ3n) is 3.94. The molecule has 1 aliphatic rings. The number of nitrogens with one attached hydrogen (secondary N) is 1. The van der Waals surface area contributed by atoms with Gasteiger partial charge in [-0.2, -0.15) is 0 Å². The number of methoxy groups -OCH3 is 1. The summed E-state index contributed by atoms with van der Waals surface area (Å²) in [5, 5.41) is 3.50. The lowest BCUT2D eigenvalue weighted by atomic mass is 9.89. The number of hydrogen-bond acceptors (Lipinski definition) is 2. The van der Waals surface area contributed by atoms with Gasteiger partial charge in [-0.25, -0.2) is 0 Å². The molecular formula is C16H25NO. The molecule has 0 amide bonds. The zero-order chi connectivity index (χ0) is 12.8. The maximum Gasteiger partial charge on any atom is 0.0583 e. The van der Waals surface area contributed by atoms with Crippen molar-refractivity contribution in [2.45, 2.75) is 38.7 Å². The molecule has 1 N–H and O–H groups in total. The van der Waals surface area contributed by atoms with Crippen molar-refractivity contribution in [1.29, 1.82) is 0 Å². The van der Waals surface area contributed by atoms with Crippen molar-refractivity contribution in [3.8, 4) is 0 Å². The number of rotatable bonds is 5. The van der Waals surface area contributed by atoms with Gasteiger partial charge in [0.25, 0.3) is 0 Å². The molecule has 2 nitrogen and oxygen atoms in total. The smallest absolute Gasteiger partial charge is 0.0583 e. The fourth-order valence-corrected chi connectivity index (χ4v) is 2.76. The minimum atomic E-state index is 0.302. The van der Waals surface area contributed by atoms with Crippen LogP contribution in [-0.4, -0.2) is 26.3 Å². The lowest BCUT2D eigenvalue weighted by Gasteiger charge is -2.24. The fourth-order valence-electron chi connectivity index (χ4n) is 2.76. The predicted octanol–water partition coefficient (Wildman–Crippen LogP) is 2.81. The quantitative estimate of drug-likeness (QED) is 0.864. The van der Waals surface area contributed by atoms with Crippen LogP contribution in [0, 0.1) is 5.92 Å². The number of ether oxygens (including phenoxy) is 1. The van der Waals surface area contributed by atoms with E-state index >= 15 is 0 Å². The van der Waals surface area contributed by atoms with Gasteiger partial charge in [-0.05, 0) is 62.7 Å². The molecule has 1 saturated heterocycles. The molecule has 18 heavy (non-hydrogen) atoms. The third kappa shape index (κ3) is 3.82. The van der Waals surface area contributed by atoms with Crippen molar-refractivity contribution in [2.24, 2.45) is 5.92 Å². The highest BCUT2D eigenvalue weighted by Crippen LogP contribution is 2.20. The largest absolute Gasteiger partial charge is 0.381 e. The van der Waals surface area contributed by atoms with Gasteiger partial charge in [-0.1, -0.05) is 24.3 Å². The Kier molecular flexibility index (Phi) is 5.21. The molecule has 0 bridgehead atoms. The maximum atomic E-state index is 5.39. The summed E-state index contributed by atoms with van der Waals surface area (Å²) in [4.78, 5) is 0. The highest BCUT2D eigenvalue weighted by atomic mass is 16.5. The first-order valence-corrected chi connectivity index (χ1v) is 7.10. The molecule has 0 aromatic heterocycles. The van der Waals surface area contributed by atoms with Gasteiger partial charge in [0, 0.05) is 7.11 Å². The van der Waals surface area contributed by atoms with Crippen molar-refractivity contribution >= 4 is 0 Å². The summed E-state index contributed by atoms with van der Waals surface area (Å²) in [7, 11) is 1.79. The van der Waals surface area contributed by atoms with Gasteiger partial charge < -0.3 is 10.1 Å². The molecule has 1 aromatic carbocycles. The SMILES string of the molecule is COC(C)Cc1ccccc1CC1CCCNC1. The minimum absolute atomic E-state index is 0.302. The second-order valence-corrected chi connectivity index (χ2v) is 5.44. The van der Waals surface area contributed by atoms with E-state index in [9.17, 15) is 0 Å². The summed E-state index contributed by atoms with van der Waals surface area (Å²) in [6.07, 6.45) is 5.21. The van der Waals surface area contributed by atoms with Crippen LogP contribution >= 0.6 is 0 Å². The summed E-state index contributed by atoms with van der Waals surface area (Å²) in [6.45, 7) is 4.51. The van der Waals surface area contributed by atoms with Crippen molar-refractivity contribution in [3.05, 3.63) is 35.4 Å². The van der Waals surface area contributed by atoms with Crippen molar-refractivity contribution < 1.29 is 4.74 Å². The summed E-state index contributed by atoms with van der Waals surface area (Å²) < 4.78 is 5.39. The monoisotopic (exact) mass is 247 g/mol. The van der Waals surface area contributed by atoms with E-state index in [1.807, 2.05) is 0 Å². The molecular weight excluding hydrogens is 222 g/mol. The van der Waals surface area contributed by atoms with Crippen LogP contribution in [0.25, 0.3) is 0 Å². The molecule has 0 spiro atoms. The predicted molar refractivity (Wildman–Crippen MR) is 75.9 cm³/mol. The third-order valence-corrected chi connectivity index (χ3v) is 3.94. The Morgan fingerprint density at radius 1 is 1.33 bits per heavy atom. The van der Waals surface area contributed by atoms with Crippen LogP contribution in [0.3, 0.4) is 0 Å². The minimum Gasteiger partial charge on any atom is -0.381 e. The van der Waals surface area contributed by atoms with Crippen LogP contribution in [0.15, 0.2) is 24.3 Å². The zero-order valence-corrected chi connectivity index (χ0v) is 11.6. The second-order valence-electron chi connectivity index (χ2n) is 5.44. The van der Waals surface area contributed by atoms with Gasteiger partial charge in [-0.15, -0.1) is 0 Å². The Morgan fingerprint density at radius 2 is 2.11 bits per heavy atom. The van der Waals surface area contributed by atoms with Crippen LogP contribution in [-0.2, 0) is 17.6 Å². The number of hydrogen-bond donors (Lipinski definition) is 1. The first-order chi connectivity index (χ1) is 8.79. The van der Waals surface area contributed by atoms with Crippen molar-refractivity contribution in [3.63, 3.8) is 0 Å². The van der Waals surface area contributed by atoms with E-state index in [1.165, 1.54) is 43.5 Å². The second kappa shape index (κ2) is 6.91. The van der Waals surface area contributed by atoms with Crippen LogP contribution in [0.2, 0.25) is 0 Å². The molecule has 1 fully saturated rings.